The summed E-state index contributed by atoms with van der Waals surface area (Å²) in [6.07, 6.45) is 1.01. The maximum absolute atomic E-state index is 6.07. The number of nitrogens with zero attached hydrogens (tertiary/aromatic N) is 4. The van der Waals surface area contributed by atoms with Crippen LogP contribution in [0.4, 0.5) is 5.95 Å². The van der Waals surface area contributed by atoms with E-state index in [-0.39, 0.29) is 18.0 Å². The minimum Gasteiger partial charge on any atom is -0.496 e. The average Bonchev–Trinajstić information content (AvgIpc) is 3.31. The summed E-state index contributed by atoms with van der Waals surface area (Å²) in [7, 11) is 1.67. The molecule has 4 rings (SSSR count). The van der Waals surface area contributed by atoms with Gasteiger partial charge in [0, 0.05) is 24.1 Å². The molecule has 0 bridgehead atoms. The van der Waals surface area contributed by atoms with E-state index in [1.807, 2.05) is 30.3 Å². The van der Waals surface area contributed by atoms with Crippen molar-refractivity contribution in [1.29, 1.82) is 0 Å². The van der Waals surface area contributed by atoms with Crippen molar-refractivity contribution in [3.05, 3.63) is 41.6 Å². The Hall–Kier alpha value is -2.87. The van der Waals surface area contributed by atoms with Gasteiger partial charge in [0.1, 0.15) is 11.9 Å². The molecule has 0 saturated carbocycles. The maximum atomic E-state index is 6.07. The van der Waals surface area contributed by atoms with Crippen LogP contribution in [0.5, 0.6) is 11.8 Å². The van der Waals surface area contributed by atoms with Crippen LogP contribution in [0.1, 0.15) is 30.5 Å². The van der Waals surface area contributed by atoms with E-state index in [0.717, 1.165) is 36.5 Å². The fraction of sp³-hybridized carbons (Fsp3) is 0.389. The lowest BCUT2D eigenvalue weighted by molar-refractivity contribution is 0.204. The van der Waals surface area contributed by atoms with Crippen LogP contribution in [0.15, 0.2) is 30.3 Å². The van der Waals surface area contributed by atoms with E-state index in [1.54, 1.807) is 11.6 Å². The SMILES string of the molecule is COc1ccccc1[C@H](C)c1cc2nc(O[C@@H]3CCNC3)nc(N)n2n1. The first kappa shape index (κ1) is 16.6. The van der Waals surface area contributed by atoms with Crippen LogP contribution in [0.2, 0.25) is 0 Å². The number of ether oxygens (including phenoxy) is 2. The Kier molecular flexibility index (Phi) is 4.34. The van der Waals surface area contributed by atoms with Crippen molar-refractivity contribution in [2.75, 3.05) is 25.9 Å². The molecule has 1 aliphatic heterocycles. The zero-order valence-corrected chi connectivity index (χ0v) is 14.8. The van der Waals surface area contributed by atoms with E-state index in [2.05, 4.69) is 27.3 Å². The summed E-state index contributed by atoms with van der Waals surface area (Å²) >= 11 is 0. The largest absolute Gasteiger partial charge is 0.496 e. The lowest BCUT2D eigenvalue weighted by Crippen LogP contribution is -2.21. The number of nitrogen functional groups attached to an aromatic ring is 1. The van der Waals surface area contributed by atoms with Gasteiger partial charge in [-0.2, -0.15) is 19.6 Å². The molecular weight excluding hydrogens is 332 g/mol. The molecule has 1 saturated heterocycles. The summed E-state index contributed by atoms with van der Waals surface area (Å²) in [5.41, 5.74) is 8.59. The molecular formula is C18H22N6O2. The first-order chi connectivity index (χ1) is 12.7. The predicted molar refractivity (Wildman–Crippen MR) is 97.6 cm³/mol. The van der Waals surface area contributed by atoms with Gasteiger partial charge in [-0.3, -0.25) is 0 Å². The fourth-order valence-electron chi connectivity index (χ4n) is 3.23. The third-order valence-corrected chi connectivity index (χ3v) is 4.68. The van der Waals surface area contributed by atoms with Crippen molar-refractivity contribution < 1.29 is 9.47 Å². The second-order valence-electron chi connectivity index (χ2n) is 6.40. The van der Waals surface area contributed by atoms with Crippen LogP contribution in [0, 0.1) is 0 Å². The van der Waals surface area contributed by atoms with Crippen molar-refractivity contribution in [3.8, 4) is 11.8 Å². The Balaban J connectivity index is 1.67. The number of nitrogens with two attached hydrogens (primary N) is 1. The van der Waals surface area contributed by atoms with Crippen LogP contribution in [0.25, 0.3) is 5.65 Å². The summed E-state index contributed by atoms with van der Waals surface area (Å²) in [5, 5.41) is 7.83. The molecule has 0 aliphatic carbocycles. The van der Waals surface area contributed by atoms with Crippen molar-refractivity contribution in [2.24, 2.45) is 0 Å². The molecule has 3 N–H and O–H groups in total. The number of fused-ring (bicyclic) bond motifs is 1. The molecule has 1 aliphatic rings. The Labute approximate surface area is 151 Å². The minimum absolute atomic E-state index is 0.0238. The monoisotopic (exact) mass is 354 g/mol. The van der Waals surface area contributed by atoms with E-state index in [9.17, 15) is 0 Å². The number of methoxy groups -OCH3 is 1. The highest BCUT2D eigenvalue weighted by Crippen LogP contribution is 2.31. The topological polar surface area (TPSA) is 99.6 Å². The van der Waals surface area contributed by atoms with E-state index in [1.165, 1.54) is 0 Å². The minimum atomic E-state index is 0.0238. The van der Waals surface area contributed by atoms with Gasteiger partial charge in [-0.05, 0) is 19.0 Å². The van der Waals surface area contributed by atoms with Gasteiger partial charge in [0.2, 0.25) is 5.95 Å². The smallest absolute Gasteiger partial charge is 0.322 e. The number of benzene rings is 1. The number of nitrogens with one attached hydrogen (secondary N) is 1. The van der Waals surface area contributed by atoms with Crippen molar-refractivity contribution in [1.82, 2.24) is 24.9 Å². The summed E-state index contributed by atoms with van der Waals surface area (Å²) in [6, 6.07) is 10.1. The van der Waals surface area contributed by atoms with E-state index < -0.39 is 0 Å². The number of anilines is 1. The van der Waals surface area contributed by atoms with Crippen molar-refractivity contribution in [3.63, 3.8) is 0 Å². The van der Waals surface area contributed by atoms with E-state index in [4.69, 9.17) is 15.2 Å². The number of hydrogen-bond acceptors (Lipinski definition) is 7. The van der Waals surface area contributed by atoms with Crippen LogP contribution in [-0.4, -0.2) is 45.9 Å². The summed E-state index contributed by atoms with van der Waals surface area (Å²) in [6.45, 7) is 3.81. The third kappa shape index (κ3) is 3.03. The first-order valence-corrected chi connectivity index (χ1v) is 8.69. The number of para-hydroxylation sites is 1. The van der Waals surface area contributed by atoms with Gasteiger partial charge in [0.15, 0.2) is 5.65 Å². The zero-order valence-electron chi connectivity index (χ0n) is 14.8. The lowest BCUT2D eigenvalue weighted by atomic mass is 9.97. The molecule has 8 heteroatoms. The Morgan fingerprint density at radius 1 is 1.31 bits per heavy atom. The highest BCUT2D eigenvalue weighted by molar-refractivity contribution is 5.48. The van der Waals surface area contributed by atoms with Crippen LogP contribution >= 0.6 is 0 Å². The van der Waals surface area contributed by atoms with Gasteiger partial charge in [-0.25, -0.2) is 0 Å². The molecule has 2 aromatic heterocycles. The lowest BCUT2D eigenvalue weighted by Gasteiger charge is -2.13. The molecule has 8 nitrogen and oxygen atoms in total. The molecule has 0 amide bonds. The van der Waals surface area contributed by atoms with Crippen LogP contribution in [-0.2, 0) is 0 Å². The third-order valence-electron chi connectivity index (χ3n) is 4.68. The zero-order chi connectivity index (χ0) is 18.1. The van der Waals surface area contributed by atoms with Crippen LogP contribution in [0.3, 0.4) is 0 Å². The number of rotatable bonds is 5. The molecule has 0 spiro atoms. The normalized spacial score (nSPS) is 18.2. The molecule has 1 fully saturated rings. The first-order valence-electron chi connectivity index (χ1n) is 8.69. The summed E-state index contributed by atoms with van der Waals surface area (Å²) in [5.74, 6) is 1.11. The second kappa shape index (κ2) is 6.80. The summed E-state index contributed by atoms with van der Waals surface area (Å²) in [4.78, 5) is 8.70. The van der Waals surface area contributed by atoms with Gasteiger partial charge in [-0.15, -0.1) is 0 Å². The average molecular weight is 354 g/mol. The molecule has 136 valence electrons. The maximum Gasteiger partial charge on any atom is 0.322 e. The Morgan fingerprint density at radius 3 is 2.92 bits per heavy atom. The van der Waals surface area contributed by atoms with Gasteiger partial charge in [-0.1, -0.05) is 25.1 Å². The van der Waals surface area contributed by atoms with Gasteiger partial charge >= 0.3 is 6.01 Å². The summed E-state index contributed by atoms with van der Waals surface area (Å²) < 4.78 is 12.8. The Bertz CT molecular complexity index is 919. The fourth-order valence-corrected chi connectivity index (χ4v) is 3.23. The molecule has 0 unspecified atom stereocenters. The second-order valence-corrected chi connectivity index (χ2v) is 6.40. The van der Waals surface area contributed by atoms with Gasteiger partial charge < -0.3 is 20.5 Å². The van der Waals surface area contributed by atoms with Gasteiger partial charge in [0.05, 0.1) is 12.8 Å². The standard InChI is InChI=1S/C18H22N6O2/c1-11(13-5-3-4-6-15(13)25-2)14-9-16-21-18(22-17(19)24(16)23-14)26-12-7-8-20-10-12/h3-6,9,11-12,20H,7-8,10H2,1-2H3,(H2,19,21,22)/t11-,12+/m0/s1. The Morgan fingerprint density at radius 2 is 2.15 bits per heavy atom. The van der Waals surface area contributed by atoms with Crippen LogP contribution < -0.4 is 20.5 Å². The molecule has 3 aromatic rings. The molecule has 1 aromatic carbocycles. The highest BCUT2D eigenvalue weighted by atomic mass is 16.5. The molecule has 2 atom stereocenters. The number of aromatic nitrogens is 4. The highest BCUT2D eigenvalue weighted by Gasteiger charge is 2.21. The molecule has 3 heterocycles. The van der Waals surface area contributed by atoms with Gasteiger partial charge in [0.25, 0.3) is 0 Å². The quantitative estimate of drug-likeness (QED) is 0.718. The predicted octanol–water partition coefficient (Wildman–Crippen LogP) is 1.61. The van der Waals surface area contributed by atoms with Crippen molar-refractivity contribution in [2.45, 2.75) is 25.4 Å². The van der Waals surface area contributed by atoms with E-state index >= 15 is 0 Å². The van der Waals surface area contributed by atoms with Crippen molar-refractivity contribution >= 4 is 11.6 Å². The van der Waals surface area contributed by atoms with E-state index in [0.29, 0.717) is 11.7 Å². The molecule has 0 radical (unpaired) electrons. The molecule has 26 heavy (non-hydrogen) atoms. The number of hydrogen-bond donors (Lipinski definition) is 2.